The van der Waals surface area contributed by atoms with E-state index in [2.05, 4.69) is 15.9 Å². The quantitative estimate of drug-likeness (QED) is 0.797. The van der Waals surface area contributed by atoms with Crippen LogP contribution < -0.4 is 0 Å². The zero-order valence-corrected chi connectivity index (χ0v) is 11.0. The van der Waals surface area contributed by atoms with Gasteiger partial charge in [0.2, 0.25) is 0 Å². The number of rotatable bonds is 1. The molecule has 2 atom stereocenters. The highest BCUT2D eigenvalue weighted by molar-refractivity contribution is 9.11. The van der Waals surface area contributed by atoms with Gasteiger partial charge in [-0.3, -0.25) is 9.69 Å². The van der Waals surface area contributed by atoms with Crippen LogP contribution in [0.5, 0.6) is 0 Å². The SMILES string of the molecule is CC1=C(Br)[C@@H]2COC(c3ccccc3)N2C1=O. The summed E-state index contributed by atoms with van der Waals surface area (Å²) >= 11 is 3.49. The third-order valence-corrected chi connectivity index (χ3v) is 4.41. The van der Waals surface area contributed by atoms with Crippen LogP contribution >= 0.6 is 15.9 Å². The summed E-state index contributed by atoms with van der Waals surface area (Å²) in [6.07, 6.45) is -0.251. The Labute approximate surface area is 108 Å². The van der Waals surface area contributed by atoms with Gasteiger partial charge in [-0.25, -0.2) is 0 Å². The van der Waals surface area contributed by atoms with Crippen LogP contribution in [-0.2, 0) is 9.53 Å². The first-order chi connectivity index (χ1) is 8.20. The number of fused-ring (bicyclic) bond motifs is 1. The maximum Gasteiger partial charge on any atom is 0.253 e. The second kappa shape index (κ2) is 3.96. The van der Waals surface area contributed by atoms with E-state index in [1.807, 2.05) is 42.2 Å². The van der Waals surface area contributed by atoms with Crippen molar-refractivity contribution in [2.45, 2.75) is 19.2 Å². The van der Waals surface area contributed by atoms with E-state index in [9.17, 15) is 4.79 Å². The van der Waals surface area contributed by atoms with Gasteiger partial charge < -0.3 is 4.74 Å². The molecule has 2 heterocycles. The van der Waals surface area contributed by atoms with Crippen molar-refractivity contribution >= 4 is 21.8 Å². The molecule has 4 heteroatoms. The van der Waals surface area contributed by atoms with E-state index in [0.717, 1.165) is 15.6 Å². The fourth-order valence-corrected chi connectivity index (χ4v) is 2.89. The van der Waals surface area contributed by atoms with Crippen molar-refractivity contribution in [2.75, 3.05) is 6.61 Å². The molecule has 1 unspecified atom stereocenters. The number of nitrogens with zero attached hydrogens (tertiary/aromatic N) is 1. The highest BCUT2D eigenvalue weighted by Crippen LogP contribution is 2.41. The number of hydrogen-bond donors (Lipinski definition) is 0. The number of benzene rings is 1. The van der Waals surface area contributed by atoms with Gasteiger partial charge in [0, 0.05) is 15.6 Å². The Bertz CT molecular complexity index is 497. The van der Waals surface area contributed by atoms with Crippen LogP contribution in [0.25, 0.3) is 0 Å². The minimum Gasteiger partial charge on any atom is -0.351 e. The summed E-state index contributed by atoms with van der Waals surface area (Å²) in [5.74, 6) is 0.0632. The summed E-state index contributed by atoms with van der Waals surface area (Å²) in [6.45, 7) is 2.41. The largest absolute Gasteiger partial charge is 0.351 e. The maximum absolute atomic E-state index is 12.1. The molecule has 3 nitrogen and oxygen atoms in total. The van der Waals surface area contributed by atoms with Crippen molar-refractivity contribution < 1.29 is 9.53 Å². The van der Waals surface area contributed by atoms with E-state index in [4.69, 9.17) is 4.74 Å². The van der Waals surface area contributed by atoms with Crippen LogP contribution in [-0.4, -0.2) is 23.5 Å². The number of hydrogen-bond acceptors (Lipinski definition) is 2. The van der Waals surface area contributed by atoms with Crippen molar-refractivity contribution in [2.24, 2.45) is 0 Å². The second-order valence-electron chi connectivity index (χ2n) is 4.30. The number of amides is 1. The third-order valence-electron chi connectivity index (χ3n) is 3.29. The summed E-state index contributed by atoms with van der Waals surface area (Å²) in [5.41, 5.74) is 1.82. The molecule has 0 bridgehead atoms. The predicted molar refractivity (Wildman–Crippen MR) is 67.4 cm³/mol. The molecule has 0 saturated carbocycles. The van der Waals surface area contributed by atoms with E-state index in [-0.39, 0.29) is 18.2 Å². The molecule has 0 spiro atoms. The van der Waals surface area contributed by atoms with Crippen LogP contribution in [0.15, 0.2) is 40.4 Å². The highest BCUT2D eigenvalue weighted by atomic mass is 79.9. The van der Waals surface area contributed by atoms with Gasteiger partial charge in [-0.15, -0.1) is 0 Å². The molecule has 0 radical (unpaired) electrons. The first kappa shape index (κ1) is 11.0. The Kier molecular flexibility index (Phi) is 2.56. The molecule has 1 saturated heterocycles. The van der Waals surface area contributed by atoms with E-state index in [1.165, 1.54) is 0 Å². The monoisotopic (exact) mass is 293 g/mol. The van der Waals surface area contributed by atoms with Gasteiger partial charge in [-0.1, -0.05) is 46.3 Å². The average molecular weight is 294 g/mol. The molecule has 1 fully saturated rings. The van der Waals surface area contributed by atoms with Crippen LogP contribution in [0.3, 0.4) is 0 Å². The third kappa shape index (κ3) is 1.55. The second-order valence-corrected chi connectivity index (χ2v) is 5.15. The topological polar surface area (TPSA) is 29.5 Å². The Morgan fingerprint density at radius 2 is 2.06 bits per heavy atom. The Balaban J connectivity index is 1.96. The predicted octanol–water partition coefficient (Wildman–Crippen LogP) is 2.60. The van der Waals surface area contributed by atoms with Crippen molar-refractivity contribution in [3.8, 4) is 0 Å². The molecule has 2 aliphatic heterocycles. The van der Waals surface area contributed by atoms with Gasteiger partial charge in [0.1, 0.15) is 0 Å². The lowest BCUT2D eigenvalue weighted by Crippen LogP contribution is -2.32. The number of carbonyl (C=O) groups is 1. The summed E-state index contributed by atoms with van der Waals surface area (Å²) < 4.78 is 6.70. The maximum atomic E-state index is 12.1. The molecule has 3 rings (SSSR count). The normalized spacial score (nSPS) is 27.9. The minimum absolute atomic E-state index is 0.0488. The van der Waals surface area contributed by atoms with E-state index in [1.54, 1.807) is 0 Å². The van der Waals surface area contributed by atoms with Crippen LogP contribution in [0, 0.1) is 0 Å². The molecule has 1 aromatic carbocycles. The summed E-state index contributed by atoms with van der Waals surface area (Å²) in [5, 5.41) is 0. The summed E-state index contributed by atoms with van der Waals surface area (Å²) in [4.78, 5) is 14.0. The average Bonchev–Trinajstić information content (AvgIpc) is 2.88. The van der Waals surface area contributed by atoms with E-state index >= 15 is 0 Å². The van der Waals surface area contributed by atoms with Gasteiger partial charge >= 0.3 is 0 Å². The first-order valence-corrected chi connectivity index (χ1v) is 6.35. The number of ether oxygens (including phenoxy) is 1. The lowest BCUT2D eigenvalue weighted by Gasteiger charge is -2.23. The van der Waals surface area contributed by atoms with Crippen molar-refractivity contribution in [1.82, 2.24) is 4.90 Å². The standard InChI is InChI=1S/C13H12BrNO2/c1-8-11(14)10-7-17-13(15(10)12(8)16)9-5-3-2-4-6-9/h2-6,10,13H,7H2,1H3/t10-,13?/m0/s1. The zero-order chi connectivity index (χ0) is 12.0. The smallest absolute Gasteiger partial charge is 0.253 e. The summed E-state index contributed by atoms with van der Waals surface area (Å²) in [6, 6.07) is 9.90. The zero-order valence-electron chi connectivity index (χ0n) is 9.39. The molecule has 0 N–H and O–H groups in total. The molecule has 88 valence electrons. The van der Waals surface area contributed by atoms with Gasteiger partial charge in [-0.05, 0) is 6.92 Å². The number of halogens is 1. The van der Waals surface area contributed by atoms with Crippen LogP contribution in [0.4, 0.5) is 0 Å². The van der Waals surface area contributed by atoms with Crippen molar-refractivity contribution in [3.05, 3.63) is 46.0 Å². The Hall–Kier alpha value is -1.13. The van der Waals surface area contributed by atoms with Gasteiger partial charge in [0.25, 0.3) is 5.91 Å². The molecular weight excluding hydrogens is 282 g/mol. The fraction of sp³-hybridized carbons (Fsp3) is 0.308. The first-order valence-electron chi connectivity index (χ1n) is 5.55. The van der Waals surface area contributed by atoms with E-state index < -0.39 is 0 Å². The molecular formula is C13H12BrNO2. The molecule has 17 heavy (non-hydrogen) atoms. The van der Waals surface area contributed by atoms with E-state index in [0.29, 0.717) is 6.61 Å². The number of carbonyl (C=O) groups excluding carboxylic acids is 1. The van der Waals surface area contributed by atoms with Crippen molar-refractivity contribution in [1.29, 1.82) is 0 Å². The van der Waals surface area contributed by atoms with Crippen LogP contribution in [0.2, 0.25) is 0 Å². The summed E-state index contributed by atoms with van der Waals surface area (Å²) in [7, 11) is 0. The van der Waals surface area contributed by atoms with Crippen LogP contribution in [0.1, 0.15) is 18.7 Å². The molecule has 2 aliphatic rings. The molecule has 0 aliphatic carbocycles. The van der Waals surface area contributed by atoms with Gasteiger partial charge in [0.15, 0.2) is 6.23 Å². The molecule has 1 aromatic rings. The molecule has 0 aromatic heterocycles. The highest BCUT2D eigenvalue weighted by Gasteiger charge is 2.46. The minimum atomic E-state index is -0.251. The van der Waals surface area contributed by atoms with Gasteiger partial charge in [-0.2, -0.15) is 0 Å². The van der Waals surface area contributed by atoms with Gasteiger partial charge in [0.05, 0.1) is 12.6 Å². The Morgan fingerprint density at radius 3 is 2.76 bits per heavy atom. The lowest BCUT2D eigenvalue weighted by molar-refractivity contribution is -0.131. The lowest BCUT2D eigenvalue weighted by atomic mass is 10.2. The van der Waals surface area contributed by atoms with Crippen molar-refractivity contribution in [3.63, 3.8) is 0 Å². The molecule has 1 amide bonds. The fourth-order valence-electron chi connectivity index (χ4n) is 2.37. The Morgan fingerprint density at radius 1 is 1.35 bits per heavy atom.